The fraction of sp³-hybridized carbons (Fsp3) is 0.500. The monoisotopic (exact) mass is 389 g/mol. The second-order valence-corrected chi connectivity index (χ2v) is 6.64. The summed E-state index contributed by atoms with van der Waals surface area (Å²) in [5.74, 6) is 0.177. The van der Waals surface area contributed by atoms with E-state index in [2.05, 4.69) is 5.32 Å². The Kier molecular flexibility index (Phi) is 7.98. The highest BCUT2D eigenvalue weighted by atomic mass is 16.5. The molecule has 1 aromatic carbocycles. The Morgan fingerprint density at radius 1 is 1.00 bits per heavy atom. The fourth-order valence-electron chi connectivity index (χ4n) is 2.99. The first kappa shape index (κ1) is 21.4. The largest absolute Gasteiger partial charge is 0.497 e. The molecular formula is C20H27N3O5. The molecule has 1 aliphatic rings. The van der Waals surface area contributed by atoms with Crippen LogP contribution in [-0.4, -0.2) is 73.1 Å². The molecule has 0 bridgehead atoms. The summed E-state index contributed by atoms with van der Waals surface area (Å²) in [6, 6.07) is 6.81. The van der Waals surface area contributed by atoms with Crippen molar-refractivity contribution < 1.29 is 23.9 Å². The first-order valence-electron chi connectivity index (χ1n) is 9.38. The second-order valence-electron chi connectivity index (χ2n) is 6.64. The zero-order valence-corrected chi connectivity index (χ0v) is 16.4. The Bertz CT molecular complexity index is 726. The number of nitrogens with zero attached hydrogens (tertiary/aromatic N) is 2. The van der Waals surface area contributed by atoms with Gasteiger partial charge in [0, 0.05) is 64.5 Å². The number of piperazine rings is 1. The molecule has 1 aromatic rings. The van der Waals surface area contributed by atoms with Crippen molar-refractivity contribution in [1.82, 2.24) is 15.1 Å². The minimum atomic E-state index is -0.259. The van der Waals surface area contributed by atoms with Gasteiger partial charge in [-0.3, -0.25) is 19.2 Å². The molecule has 8 heteroatoms. The highest BCUT2D eigenvalue weighted by molar-refractivity contribution is 5.98. The lowest BCUT2D eigenvalue weighted by molar-refractivity contribution is -0.138. The van der Waals surface area contributed by atoms with Crippen LogP contribution in [0.4, 0.5) is 0 Å². The molecule has 0 unspecified atom stereocenters. The van der Waals surface area contributed by atoms with Crippen LogP contribution in [0.2, 0.25) is 0 Å². The SMILES string of the molecule is COc1cccc(C(=O)CCC(=O)NCCC(=O)N2CCN(C(C)=O)CC2)c1. The van der Waals surface area contributed by atoms with E-state index in [9.17, 15) is 19.2 Å². The Morgan fingerprint density at radius 2 is 1.68 bits per heavy atom. The average molecular weight is 389 g/mol. The number of hydrogen-bond acceptors (Lipinski definition) is 5. The fourth-order valence-corrected chi connectivity index (χ4v) is 2.99. The highest BCUT2D eigenvalue weighted by Crippen LogP contribution is 2.14. The predicted octanol–water partition coefficient (Wildman–Crippen LogP) is 0.855. The van der Waals surface area contributed by atoms with Crippen LogP contribution >= 0.6 is 0 Å². The second kappa shape index (κ2) is 10.4. The summed E-state index contributed by atoms with van der Waals surface area (Å²) in [6.45, 7) is 3.87. The lowest BCUT2D eigenvalue weighted by Crippen LogP contribution is -2.50. The standard InChI is InChI=1S/C20H27N3O5/c1-15(24)22-10-12-23(13-11-22)20(27)8-9-21-19(26)7-6-18(25)16-4-3-5-17(14-16)28-2/h3-5,14H,6-13H2,1-2H3,(H,21,26). The van der Waals surface area contributed by atoms with Crippen molar-refractivity contribution in [2.24, 2.45) is 0 Å². The van der Waals surface area contributed by atoms with Crippen molar-refractivity contribution in [1.29, 1.82) is 0 Å². The molecule has 1 aliphatic heterocycles. The number of hydrogen-bond donors (Lipinski definition) is 1. The number of nitrogens with one attached hydrogen (secondary N) is 1. The number of benzene rings is 1. The summed E-state index contributed by atoms with van der Waals surface area (Å²) >= 11 is 0. The zero-order chi connectivity index (χ0) is 20.5. The summed E-state index contributed by atoms with van der Waals surface area (Å²) in [6.07, 6.45) is 0.372. The Morgan fingerprint density at radius 3 is 2.32 bits per heavy atom. The Balaban J connectivity index is 1.65. The van der Waals surface area contributed by atoms with Crippen LogP contribution in [0, 0.1) is 0 Å². The number of rotatable bonds is 8. The molecule has 2 rings (SSSR count). The molecular weight excluding hydrogens is 362 g/mol. The van der Waals surface area contributed by atoms with Gasteiger partial charge in [-0.25, -0.2) is 0 Å². The molecule has 0 aliphatic carbocycles. The smallest absolute Gasteiger partial charge is 0.224 e. The molecule has 0 radical (unpaired) electrons. The van der Waals surface area contributed by atoms with Crippen LogP contribution in [0.3, 0.4) is 0 Å². The number of ether oxygens (including phenoxy) is 1. The zero-order valence-electron chi connectivity index (χ0n) is 16.4. The van der Waals surface area contributed by atoms with Gasteiger partial charge >= 0.3 is 0 Å². The van der Waals surface area contributed by atoms with Gasteiger partial charge in [-0.2, -0.15) is 0 Å². The molecule has 3 amide bonds. The van der Waals surface area contributed by atoms with Crippen LogP contribution < -0.4 is 10.1 Å². The van der Waals surface area contributed by atoms with E-state index in [4.69, 9.17) is 4.74 Å². The van der Waals surface area contributed by atoms with Gasteiger partial charge in [-0.05, 0) is 12.1 Å². The minimum absolute atomic E-state index is 0.0165. The van der Waals surface area contributed by atoms with Crippen LogP contribution in [0.25, 0.3) is 0 Å². The van der Waals surface area contributed by atoms with Crippen molar-refractivity contribution in [2.75, 3.05) is 39.8 Å². The molecule has 152 valence electrons. The van der Waals surface area contributed by atoms with Gasteiger partial charge < -0.3 is 19.9 Å². The summed E-state index contributed by atoms with van der Waals surface area (Å²) in [7, 11) is 1.53. The maximum atomic E-state index is 12.2. The molecule has 0 aromatic heterocycles. The van der Waals surface area contributed by atoms with Gasteiger partial charge in [0.15, 0.2) is 5.78 Å². The summed E-state index contributed by atoms with van der Waals surface area (Å²) in [5, 5.41) is 2.68. The van der Waals surface area contributed by atoms with Gasteiger partial charge in [0.2, 0.25) is 17.7 Å². The number of Topliss-reactive ketones (excluding diaryl/α,β-unsaturated/α-hetero) is 1. The van der Waals surface area contributed by atoms with Crippen molar-refractivity contribution in [3.05, 3.63) is 29.8 Å². The van der Waals surface area contributed by atoms with Gasteiger partial charge in [-0.1, -0.05) is 12.1 Å². The van der Waals surface area contributed by atoms with E-state index in [1.807, 2.05) is 0 Å². The van der Waals surface area contributed by atoms with Crippen molar-refractivity contribution in [3.63, 3.8) is 0 Å². The first-order chi connectivity index (χ1) is 13.4. The molecule has 1 saturated heterocycles. The number of amides is 3. The van der Waals surface area contributed by atoms with Crippen molar-refractivity contribution in [2.45, 2.75) is 26.2 Å². The lowest BCUT2D eigenvalue weighted by atomic mass is 10.1. The molecule has 8 nitrogen and oxygen atoms in total. The Hall–Kier alpha value is -2.90. The highest BCUT2D eigenvalue weighted by Gasteiger charge is 2.22. The van der Waals surface area contributed by atoms with E-state index in [0.717, 1.165) is 0 Å². The quantitative estimate of drug-likeness (QED) is 0.665. The number of carbonyl (C=O) groups excluding carboxylic acids is 4. The minimum Gasteiger partial charge on any atom is -0.497 e. The van der Waals surface area contributed by atoms with E-state index in [1.165, 1.54) is 14.0 Å². The van der Waals surface area contributed by atoms with Crippen molar-refractivity contribution >= 4 is 23.5 Å². The first-order valence-corrected chi connectivity index (χ1v) is 9.38. The third kappa shape index (κ3) is 6.37. The molecule has 0 spiro atoms. The molecule has 1 N–H and O–H groups in total. The molecule has 1 heterocycles. The van der Waals surface area contributed by atoms with Gasteiger partial charge in [0.05, 0.1) is 7.11 Å². The molecule has 28 heavy (non-hydrogen) atoms. The van der Waals surface area contributed by atoms with Crippen LogP contribution in [-0.2, 0) is 14.4 Å². The van der Waals surface area contributed by atoms with Crippen LogP contribution in [0.1, 0.15) is 36.5 Å². The normalized spacial score (nSPS) is 13.8. The summed E-state index contributed by atoms with van der Waals surface area (Å²) in [5.41, 5.74) is 0.507. The van der Waals surface area contributed by atoms with Gasteiger partial charge in [-0.15, -0.1) is 0 Å². The van der Waals surface area contributed by atoms with Gasteiger partial charge in [0.25, 0.3) is 0 Å². The van der Waals surface area contributed by atoms with E-state index < -0.39 is 0 Å². The van der Waals surface area contributed by atoms with E-state index in [0.29, 0.717) is 37.5 Å². The topological polar surface area (TPSA) is 96.0 Å². The molecule has 0 saturated carbocycles. The molecule has 1 fully saturated rings. The van der Waals surface area contributed by atoms with E-state index >= 15 is 0 Å². The summed E-state index contributed by atoms with van der Waals surface area (Å²) < 4.78 is 5.09. The third-order valence-corrected chi connectivity index (χ3v) is 4.71. The van der Waals surface area contributed by atoms with Gasteiger partial charge in [0.1, 0.15) is 5.75 Å². The average Bonchev–Trinajstić information content (AvgIpc) is 2.72. The summed E-state index contributed by atoms with van der Waals surface area (Å²) in [4.78, 5) is 51.0. The van der Waals surface area contributed by atoms with Crippen LogP contribution in [0.15, 0.2) is 24.3 Å². The molecule has 0 atom stereocenters. The van der Waals surface area contributed by atoms with E-state index in [-0.39, 0.29) is 49.3 Å². The number of carbonyl (C=O) groups is 4. The number of methoxy groups -OCH3 is 1. The van der Waals surface area contributed by atoms with E-state index in [1.54, 1.807) is 34.1 Å². The van der Waals surface area contributed by atoms with Crippen molar-refractivity contribution in [3.8, 4) is 5.75 Å². The predicted molar refractivity (Wildman–Crippen MR) is 103 cm³/mol. The third-order valence-electron chi connectivity index (χ3n) is 4.71. The lowest BCUT2D eigenvalue weighted by Gasteiger charge is -2.34. The Labute approximate surface area is 164 Å². The van der Waals surface area contributed by atoms with Crippen LogP contribution in [0.5, 0.6) is 5.75 Å². The number of ketones is 1. The maximum absolute atomic E-state index is 12.2. The maximum Gasteiger partial charge on any atom is 0.224 e.